The van der Waals surface area contributed by atoms with Crippen LogP contribution in [0.1, 0.15) is 73.6 Å². The third kappa shape index (κ3) is 4.53. The summed E-state index contributed by atoms with van der Waals surface area (Å²) in [5.41, 5.74) is 0.632. The van der Waals surface area contributed by atoms with Gasteiger partial charge in [-0.3, -0.25) is 19.1 Å². The summed E-state index contributed by atoms with van der Waals surface area (Å²) in [5, 5.41) is 9.25. The van der Waals surface area contributed by atoms with Crippen LogP contribution in [-0.2, 0) is 19.0 Å². The van der Waals surface area contributed by atoms with Gasteiger partial charge in [0.2, 0.25) is 6.29 Å². The predicted molar refractivity (Wildman–Crippen MR) is 105 cm³/mol. The first-order chi connectivity index (χ1) is 14.2. The van der Waals surface area contributed by atoms with E-state index < -0.39 is 36.4 Å². The fourth-order valence-electron chi connectivity index (χ4n) is 3.55. The second-order valence-electron chi connectivity index (χ2n) is 8.65. The summed E-state index contributed by atoms with van der Waals surface area (Å²) < 4.78 is 16.6. The second kappa shape index (κ2) is 8.54. The lowest BCUT2D eigenvalue weighted by atomic mass is 9.89. The first-order valence-corrected chi connectivity index (χ1v) is 10.0. The van der Waals surface area contributed by atoms with Crippen LogP contribution in [0.2, 0.25) is 0 Å². The van der Waals surface area contributed by atoms with Crippen molar-refractivity contribution in [2.75, 3.05) is 6.61 Å². The standard InChI is InChI=1S/C22H26N2O6/c1-21(2,3)11-7-6-10-17(25)29-18-14-28-22(30-18,12-13-23)24-19(26)15-8-4-5-9-16(15)20(24)27/h4-5,8-9,18H,6-7,10-12,14H2,1-3H3. The molecule has 0 spiro atoms. The molecule has 8 heteroatoms. The molecule has 0 bridgehead atoms. The van der Waals surface area contributed by atoms with Crippen molar-refractivity contribution in [3.05, 3.63) is 35.4 Å². The van der Waals surface area contributed by atoms with Crippen LogP contribution in [0.5, 0.6) is 0 Å². The number of ether oxygens (including phenoxy) is 3. The maximum absolute atomic E-state index is 12.8. The van der Waals surface area contributed by atoms with Gasteiger partial charge in [0.1, 0.15) is 13.0 Å². The Kier molecular flexibility index (Phi) is 6.25. The van der Waals surface area contributed by atoms with Gasteiger partial charge in [0, 0.05) is 6.42 Å². The fourth-order valence-corrected chi connectivity index (χ4v) is 3.55. The van der Waals surface area contributed by atoms with Gasteiger partial charge in [-0.15, -0.1) is 0 Å². The molecule has 2 aliphatic rings. The second-order valence-corrected chi connectivity index (χ2v) is 8.65. The van der Waals surface area contributed by atoms with Crippen molar-refractivity contribution in [2.45, 2.75) is 65.1 Å². The zero-order valence-electron chi connectivity index (χ0n) is 17.5. The van der Waals surface area contributed by atoms with Crippen LogP contribution >= 0.6 is 0 Å². The number of amides is 2. The van der Waals surface area contributed by atoms with E-state index in [0.717, 1.165) is 17.7 Å². The molecule has 30 heavy (non-hydrogen) atoms. The van der Waals surface area contributed by atoms with Crippen LogP contribution in [0.15, 0.2) is 24.3 Å². The third-order valence-corrected chi connectivity index (χ3v) is 5.02. The molecule has 3 rings (SSSR count). The number of esters is 1. The first-order valence-electron chi connectivity index (χ1n) is 10.0. The molecule has 2 unspecified atom stereocenters. The molecule has 1 saturated heterocycles. The molecule has 0 aliphatic carbocycles. The molecule has 160 valence electrons. The fraction of sp³-hybridized carbons (Fsp3) is 0.545. The number of unbranched alkanes of at least 4 members (excludes halogenated alkanes) is 1. The molecular weight excluding hydrogens is 388 g/mol. The van der Waals surface area contributed by atoms with E-state index in [1.54, 1.807) is 12.1 Å². The lowest BCUT2D eigenvalue weighted by molar-refractivity contribution is -0.253. The third-order valence-electron chi connectivity index (χ3n) is 5.02. The smallest absolute Gasteiger partial charge is 0.308 e. The van der Waals surface area contributed by atoms with Crippen LogP contribution in [0.4, 0.5) is 0 Å². The number of carbonyl (C=O) groups is 3. The lowest BCUT2D eigenvalue weighted by Crippen LogP contribution is -2.53. The first kappa shape index (κ1) is 21.9. The summed E-state index contributed by atoms with van der Waals surface area (Å²) in [6.45, 7) is 6.25. The maximum atomic E-state index is 12.8. The summed E-state index contributed by atoms with van der Waals surface area (Å²) in [7, 11) is 0. The molecule has 0 aromatic heterocycles. The summed E-state index contributed by atoms with van der Waals surface area (Å²) in [6, 6.07) is 8.23. The van der Waals surface area contributed by atoms with E-state index >= 15 is 0 Å². The number of hydrogen-bond acceptors (Lipinski definition) is 7. The molecule has 8 nitrogen and oxygen atoms in total. The van der Waals surface area contributed by atoms with E-state index in [9.17, 15) is 19.6 Å². The Morgan fingerprint density at radius 1 is 1.23 bits per heavy atom. The lowest BCUT2D eigenvalue weighted by Gasteiger charge is -2.32. The van der Waals surface area contributed by atoms with Crippen molar-refractivity contribution in [3.8, 4) is 6.07 Å². The molecule has 1 aromatic rings. The average molecular weight is 414 g/mol. The van der Waals surface area contributed by atoms with Crippen LogP contribution in [0.25, 0.3) is 0 Å². The van der Waals surface area contributed by atoms with Crippen LogP contribution < -0.4 is 0 Å². The molecule has 2 heterocycles. The molecule has 0 saturated carbocycles. The van der Waals surface area contributed by atoms with Gasteiger partial charge in [0.15, 0.2) is 0 Å². The highest BCUT2D eigenvalue weighted by Gasteiger charge is 2.56. The molecule has 1 aromatic carbocycles. The number of nitriles is 1. The number of carbonyl (C=O) groups excluding carboxylic acids is 3. The number of rotatable bonds is 7. The Labute approximate surface area is 175 Å². The molecule has 1 fully saturated rings. The largest absolute Gasteiger partial charge is 0.433 e. The van der Waals surface area contributed by atoms with E-state index in [4.69, 9.17) is 14.2 Å². The minimum atomic E-state index is -1.92. The summed E-state index contributed by atoms with van der Waals surface area (Å²) in [4.78, 5) is 38.5. The van der Waals surface area contributed by atoms with Gasteiger partial charge >= 0.3 is 5.97 Å². The van der Waals surface area contributed by atoms with Crippen LogP contribution in [-0.4, -0.2) is 41.5 Å². The predicted octanol–water partition coefficient (Wildman–Crippen LogP) is 3.37. The summed E-state index contributed by atoms with van der Waals surface area (Å²) >= 11 is 0. The zero-order valence-corrected chi connectivity index (χ0v) is 17.5. The van der Waals surface area contributed by atoms with Gasteiger partial charge in [-0.2, -0.15) is 5.26 Å². The zero-order chi connectivity index (χ0) is 21.9. The van der Waals surface area contributed by atoms with Crippen molar-refractivity contribution in [3.63, 3.8) is 0 Å². The average Bonchev–Trinajstić information content (AvgIpc) is 3.18. The van der Waals surface area contributed by atoms with Crippen molar-refractivity contribution in [1.82, 2.24) is 4.90 Å². The SMILES string of the molecule is CC(C)(C)CCCCC(=O)OC1COC(CC#N)(N2C(=O)c3ccccc3C2=O)O1. The highest BCUT2D eigenvalue weighted by Crippen LogP contribution is 2.37. The van der Waals surface area contributed by atoms with Gasteiger partial charge in [-0.25, -0.2) is 4.90 Å². The van der Waals surface area contributed by atoms with Gasteiger partial charge in [-0.1, -0.05) is 39.3 Å². The molecule has 0 N–H and O–H groups in total. The number of imide groups is 1. The Hall–Kier alpha value is -2.76. The van der Waals surface area contributed by atoms with Crippen LogP contribution in [0.3, 0.4) is 0 Å². The van der Waals surface area contributed by atoms with Gasteiger partial charge in [-0.05, 0) is 30.4 Å². The highest BCUT2D eigenvalue weighted by atomic mass is 16.8. The van der Waals surface area contributed by atoms with Crippen molar-refractivity contribution >= 4 is 17.8 Å². The van der Waals surface area contributed by atoms with E-state index in [1.165, 1.54) is 12.1 Å². The van der Waals surface area contributed by atoms with E-state index in [0.29, 0.717) is 6.42 Å². The summed E-state index contributed by atoms with van der Waals surface area (Å²) in [5.74, 6) is -3.59. The van der Waals surface area contributed by atoms with E-state index in [-0.39, 0.29) is 29.6 Å². The van der Waals surface area contributed by atoms with Crippen molar-refractivity contribution in [1.29, 1.82) is 5.26 Å². The Morgan fingerprint density at radius 2 is 1.87 bits per heavy atom. The topological polar surface area (TPSA) is 106 Å². The normalized spacial score (nSPS) is 23.4. The minimum absolute atomic E-state index is 0.178. The van der Waals surface area contributed by atoms with Gasteiger partial charge in [0.25, 0.3) is 17.7 Å². The Morgan fingerprint density at radius 3 is 2.43 bits per heavy atom. The molecule has 2 atom stereocenters. The van der Waals surface area contributed by atoms with Crippen LogP contribution in [0, 0.1) is 16.7 Å². The van der Waals surface area contributed by atoms with E-state index in [1.807, 2.05) is 6.07 Å². The maximum Gasteiger partial charge on any atom is 0.308 e. The molecule has 2 aliphatic heterocycles. The molecular formula is C22H26N2O6. The van der Waals surface area contributed by atoms with Gasteiger partial charge in [0.05, 0.1) is 17.2 Å². The van der Waals surface area contributed by atoms with Gasteiger partial charge < -0.3 is 9.47 Å². The molecule has 2 amide bonds. The Balaban J connectivity index is 1.63. The quantitative estimate of drug-likeness (QED) is 0.382. The Bertz CT molecular complexity index is 849. The van der Waals surface area contributed by atoms with E-state index in [2.05, 4.69) is 20.8 Å². The summed E-state index contributed by atoms with van der Waals surface area (Å²) in [6.07, 6.45) is 1.30. The number of fused-ring (bicyclic) bond motifs is 1. The minimum Gasteiger partial charge on any atom is -0.433 e. The molecule has 0 radical (unpaired) electrons. The van der Waals surface area contributed by atoms with Crippen molar-refractivity contribution in [2.24, 2.45) is 5.41 Å². The number of benzene rings is 1. The van der Waals surface area contributed by atoms with Crippen molar-refractivity contribution < 1.29 is 28.6 Å². The highest BCUT2D eigenvalue weighted by molar-refractivity contribution is 6.21. The number of hydrogen-bond donors (Lipinski definition) is 0. The monoisotopic (exact) mass is 414 g/mol. The number of nitrogens with zero attached hydrogens (tertiary/aromatic N) is 2.